The van der Waals surface area contributed by atoms with Crippen LogP contribution in [0.4, 0.5) is 0 Å². The molecular formula is C18H27N3. The molecular weight excluding hydrogens is 258 g/mol. The fourth-order valence-corrected chi connectivity index (χ4v) is 2.75. The fraction of sp³-hybridized carbons (Fsp3) is 0.556. The number of nitrogens with zero attached hydrogens (tertiary/aromatic N) is 2. The number of rotatable bonds is 4. The van der Waals surface area contributed by atoms with Crippen LogP contribution in [0.1, 0.15) is 25.0 Å². The average molecular weight is 285 g/mol. The van der Waals surface area contributed by atoms with Crippen molar-refractivity contribution in [2.75, 3.05) is 39.3 Å². The Morgan fingerprint density at radius 2 is 1.67 bits per heavy atom. The van der Waals surface area contributed by atoms with Crippen molar-refractivity contribution < 1.29 is 0 Å². The first-order chi connectivity index (χ1) is 10.2. The van der Waals surface area contributed by atoms with Crippen molar-refractivity contribution in [2.45, 2.75) is 20.4 Å². The van der Waals surface area contributed by atoms with Gasteiger partial charge in [-0.1, -0.05) is 37.8 Å². The molecule has 0 amide bonds. The van der Waals surface area contributed by atoms with Gasteiger partial charge in [0.15, 0.2) is 0 Å². The van der Waals surface area contributed by atoms with E-state index in [0.717, 1.165) is 18.0 Å². The van der Waals surface area contributed by atoms with Crippen LogP contribution in [0.2, 0.25) is 0 Å². The zero-order valence-corrected chi connectivity index (χ0v) is 13.3. The van der Waals surface area contributed by atoms with Gasteiger partial charge in [0, 0.05) is 44.8 Å². The number of hydrogen-bond acceptors (Lipinski definition) is 3. The van der Waals surface area contributed by atoms with Gasteiger partial charge in [-0.25, -0.2) is 0 Å². The number of benzene rings is 1. The highest BCUT2D eigenvalue weighted by Gasteiger charge is 2.17. The highest BCUT2D eigenvalue weighted by molar-refractivity contribution is 5.36. The molecule has 0 aromatic heterocycles. The standard InChI is InChI=1S/C18H27N3/c1-16(2)14-20-10-12-21(13-11-20)15-18-7-5-17(6-8-18)4-3-9-19/h5-8,16H,9-15,19H2,1-2H3. The molecule has 0 unspecified atom stereocenters. The van der Waals surface area contributed by atoms with E-state index < -0.39 is 0 Å². The molecule has 21 heavy (non-hydrogen) atoms. The van der Waals surface area contributed by atoms with Crippen molar-refractivity contribution in [3.05, 3.63) is 35.4 Å². The van der Waals surface area contributed by atoms with Gasteiger partial charge in [-0.05, 0) is 23.6 Å². The Morgan fingerprint density at radius 3 is 2.24 bits per heavy atom. The molecule has 1 aromatic carbocycles. The highest BCUT2D eigenvalue weighted by atomic mass is 15.3. The summed E-state index contributed by atoms with van der Waals surface area (Å²) in [6, 6.07) is 8.54. The molecule has 1 aromatic rings. The Morgan fingerprint density at radius 1 is 1.05 bits per heavy atom. The summed E-state index contributed by atoms with van der Waals surface area (Å²) in [4.78, 5) is 5.12. The summed E-state index contributed by atoms with van der Waals surface area (Å²) in [6.07, 6.45) is 0. The van der Waals surface area contributed by atoms with Crippen LogP contribution in [0.5, 0.6) is 0 Å². The zero-order chi connectivity index (χ0) is 15.1. The van der Waals surface area contributed by atoms with Crippen molar-refractivity contribution in [3.8, 4) is 11.8 Å². The largest absolute Gasteiger partial charge is 0.320 e. The maximum absolute atomic E-state index is 5.39. The molecule has 1 saturated heterocycles. The smallest absolute Gasteiger partial charge is 0.0555 e. The second-order valence-corrected chi connectivity index (χ2v) is 6.17. The van der Waals surface area contributed by atoms with Crippen LogP contribution in [-0.4, -0.2) is 49.1 Å². The first-order valence-electron chi connectivity index (χ1n) is 7.90. The van der Waals surface area contributed by atoms with E-state index in [0.29, 0.717) is 6.54 Å². The quantitative estimate of drug-likeness (QED) is 0.856. The third-order valence-corrected chi connectivity index (χ3v) is 3.78. The molecule has 114 valence electrons. The van der Waals surface area contributed by atoms with Gasteiger partial charge in [0.05, 0.1) is 6.54 Å². The van der Waals surface area contributed by atoms with Gasteiger partial charge in [-0.3, -0.25) is 4.90 Å². The lowest BCUT2D eigenvalue weighted by atomic mass is 10.1. The minimum absolute atomic E-state index is 0.419. The van der Waals surface area contributed by atoms with Crippen LogP contribution < -0.4 is 5.73 Å². The van der Waals surface area contributed by atoms with Crippen molar-refractivity contribution in [1.29, 1.82) is 0 Å². The van der Waals surface area contributed by atoms with Gasteiger partial charge in [-0.2, -0.15) is 0 Å². The van der Waals surface area contributed by atoms with Crippen molar-refractivity contribution in [3.63, 3.8) is 0 Å². The second kappa shape index (κ2) is 8.19. The number of hydrogen-bond donors (Lipinski definition) is 1. The van der Waals surface area contributed by atoms with Crippen molar-refractivity contribution >= 4 is 0 Å². The van der Waals surface area contributed by atoms with Gasteiger partial charge in [0.25, 0.3) is 0 Å². The van der Waals surface area contributed by atoms with E-state index in [9.17, 15) is 0 Å². The van der Waals surface area contributed by atoms with Crippen LogP contribution in [0, 0.1) is 17.8 Å². The summed E-state index contributed by atoms with van der Waals surface area (Å²) in [5.74, 6) is 6.71. The SMILES string of the molecule is CC(C)CN1CCN(Cc2ccc(C#CCN)cc2)CC1. The zero-order valence-electron chi connectivity index (χ0n) is 13.3. The normalized spacial score (nSPS) is 16.8. The molecule has 1 heterocycles. The summed E-state index contributed by atoms with van der Waals surface area (Å²) in [5, 5.41) is 0. The highest BCUT2D eigenvalue weighted by Crippen LogP contribution is 2.11. The van der Waals surface area contributed by atoms with E-state index in [-0.39, 0.29) is 0 Å². The summed E-state index contributed by atoms with van der Waals surface area (Å²) >= 11 is 0. The Labute approximate surface area is 129 Å². The minimum atomic E-state index is 0.419. The van der Waals surface area contributed by atoms with Gasteiger partial charge in [-0.15, -0.1) is 0 Å². The molecule has 0 radical (unpaired) electrons. The molecule has 2 rings (SSSR count). The van der Waals surface area contributed by atoms with E-state index in [1.165, 1.54) is 38.3 Å². The van der Waals surface area contributed by atoms with Gasteiger partial charge in [0.1, 0.15) is 0 Å². The molecule has 1 aliphatic heterocycles. The van der Waals surface area contributed by atoms with Crippen LogP contribution in [-0.2, 0) is 6.54 Å². The van der Waals surface area contributed by atoms with E-state index in [1.807, 2.05) is 0 Å². The van der Waals surface area contributed by atoms with Crippen molar-refractivity contribution in [2.24, 2.45) is 11.7 Å². The molecule has 0 spiro atoms. The van der Waals surface area contributed by atoms with Gasteiger partial charge < -0.3 is 10.6 Å². The summed E-state index contributed by atoms with van der Waals surface area (Å²) in [5.41, 5.74) is 7.80. The summed E-state index contributed by atoms with van der Waals surface area (Å²) in [7, 11) is 0. The summed E-state index contributed by atoms with van der Waals surface area (Å²) in [6.45, 7) is 12.0. The lowest BCUT2D eigenvalue weighted by molar-refractivity contribution is 0.117. The second-order valence-electron chi connectivity index (χ2n) is 6.17. The molecule has 0 atom stereocenters. The predicted octanol–water partition coefficient (Wildman–Crippen LogP) is 1.77. The Kier molecular flexibility index (Phi) is 6.25. The third-order valence-electron chi connectivity index (χ3n) is 3.78. The van der Waals surface area contributed by atoms with Crippen LogP contribution in [0.3, 0.4) is 0 Å². The molecule has 0 bridgehead atoms. The monoisotopic (exact) mass is 285 g/mol. The minimum Gasteiger partial charge on any atom is -0.320 e. The Hall–Kier alpha value is -1.34. The molecule has 3 nitrogen and oxygen atoms in total. The van der Waals surface area contributed by atoms with Gasteiger partial charge in [0.2, 0.25) is 0 Å². The van der Waals surface area contributed by atoms with E-state index in [4.69, 9.17) is 5.73 Å². The lowest BCUT2D eigenvalue weighted by Gasteiger charge is -2.35. The van der Waals surface area contributed by atoms with Crippen LogP contribution in [0.15, 0.2) is 24.3 Å². The predicted molar refractivity (Wildman–Crippen MR) is 88.9 cm³/mol. The molecule has 3 heteroatoms. The maximum Gasteiger partial charge on any atom is 0.0555 e. The first-order valence-corrected chi connectivity index (χ1v) is 7.90. The number of nitrogens with two attached hydrogens (primary N) is 1. The first kappa shape index (κ1) is 16.0. The fourth-order valence-electron chi connectivity index (χ4n) is 2.75. The van der Waals surface area contributed by atoms with E-state index >= 15 is 0 Å². The molecule has 1 aliphatic rings. The lowest BCUT2D eigenvalue weighted by Crippen LogP contribution is -2.46. The van der Waals surface area contributed by atoms with Crippen LogP contribution in [0.25, 0.3) is 0 Å². The Balaban J connectivity index is 1.80. The summed E-state index contributed by atoms with van der Waals surface area (Å²) < 4.78 is 0. The molecule has 0 aliphatic carbocycles. The molecule has 1 fully saturated rings. The van der Waals surface area contributed by atoms with Crippen molar-refractivity contribution in [1.82, 2.24) is 9.80 Å². The maximum atomic E-state index is 5.39. The Bertz CT molecular complexity index is 473. The number of piperazine rings is 1. The van der Waals surface area contributed by atoms with E-state index in [1.54, 1.807) is 0 Å². The topological polar surface area (TPSA) is 32.5 Å². The molecule has 0 saturated carbocycles. The van der Waals surface area contributed by atoms with E-state index in [2.05, 4.69) is 59.8 Å². The van der Waals surface area contributed by atoms with Crippen LogP contribution >= 0.6 is 0 Å². The molecule has 2 N–H and O–H groups in total. The third kappa shape index (κ3) is 5.51. The average Bonchev–Trinajstić information content (AvgIpc) is 2.48. The van der Waals surface area contributed by atoms with Gasteiger partial charge >= 0.3 is 0 Å².